The average molecular weight is 1080 g/mol. The predicted octanol–water partition coefficient (Wildman–Crippen LogP) is 17.9. The molecule has 0 radical (unpaired) electrons. The van der Waals surface area contributed by atoms with Crippen LogP contribution in [-0.4, -0.2) is 18.8 Å². The Labute approximate surface area is 480 Å². The van der Waals surface area contributed by atoms with Gasteiger partial charge in [-0.05, 0) is 139 Å². The molecule has 85 heavy (non-hydrogen) atoms. The van der Waals surface area contributed by atoms with Gasteiger partial charge in [-0.15, -0.1) is 0 Å². The Morgan fingerprint density at radius 3 is 1.28 bits per heavy atom. The standard InChI is InChI=1S/C77H36N6O2/c78-31-37-29-53-63(67-59(37)61-39-13-1-3-15-41(39)62(67)42-16-4-2-14-40(42)61)47-25-35(27-49-65-55(82(53)73(47)49)33-80-71-45-19-7-11-23-57(45)84-75(65)71)36-26-48-64-54(83-56-34-81-72-46-20-8-12-24-58(46)85-76(72)66(56)50(28-36)74(48)83)30-38(32-79)60-68(64)70-44-18-6-10-22-52(44)77(70)51-21-9-5-17-43(51)69(60)77/h1-30,33-34,61-62,69-70H. The van der Waals surface area contributed by atoms with E-state index < -0.39 is 0 Å². The van der Waals surface area contributed by atoms with Crippen molar-refractivity contribution in [2.45, 2.75) is 29.1 Å². The summed E-state index contributed by atoms with van der Waals surface area (Å²) in [5.74, 6) is -0.0716. The van der Waals surface area contributed by atoms with Crippen LogP contribution in [0.25, 0.3) is 131 Å². The topological polar surface area (TPSA) is 108 Å². The Morgan fingerprint density at radius 1 is 0.388 bits per heavy atom. The van der Waals surface area contributed by atoms with Crippen molar-refractivity contribution in [3.05, 3.63) is 272 Å². The van der Waals surface area contributed by atoms with Crippen LogP contribution in [0.3, 0.4) is 0 Å². The first-order chi connectivity index (χ1) is 42.1. The monoisotopic (exact) mass is 1080 g/mol. The molecule has 1 spiro atoms. The molecule has 8 heterocycles. The molecule has 2 bridgehead atoms. The van der Waals surface area contributed by atoms with Crippen LogP contribution in [0.2, 0.25) is 0 Å². The van der Waals surface area contributed by atoms with Crippen LogP contribution >= 0.6 is 0 Å². The number of aromatic nitrogens is 4. The minimum absolute atomic E-state index is 0.0565. The van der Waals surface area contributed by atoms with Crippen molar-refractivity contribution < 1.29 is 8.83 Å². The van der Waals surface area contributed by atoms with E-state index in [9.17, 15) is 10.5 Å². The van der Waals surface area contributed by atoms with E-state index in [2.05, 4.69) is 167 Å². The van der Waals surface area contributed by atoms with E-state index in [0.29, 0.717) is 5.56 Å². The van der Waals surface area contributed by atoms with E-state index in [4.69, 9.17) is 18.8 Å². The second kappa shape index (κ2) is 13.8. The molecule has 3 unspecified atom stereocenters. The number of fused-ring (bicyclic) bond motifs is 28. The molecule has 0 aliphatic heterocycles. The summed E-state index contributed by atoms with van der Waals surface area (Å²) in [4.78, 5) is 10.5. The summed E-state index contributed by atoms with van der Waals surface area (Å²) in [6.45, 7) is 0. The molecule has 8 nitrogen and oxygen atoms in total. The molecule has 0 saturated heterocycles. The molecule has 10 aromatic carbocycles. The zero-order valence-corrected chi connectivity index (χ0v) is 44.8. The van der Waals surface area contributed by atoms with Gasteiger partial charge in [-0.25, -0.2) is 9.97 Å². The maximum atomic E-state index is 11.5. The van der Waals surface area contributed by atoms with Crippen molar-refractivity contribution in [3.63, 3.8) is 0 Å². The number of benzene rings is 10. The molecule has 386 valence electrons. The van der Waals surface area contributed by atoms with E-state index in [1.165, 1.54) is 61.0 Å². The highest BCUT2D eigenvalue weighted by Crippen LogP contribution is 2.78. The van der Waals surface area contributed by atoms with E-state index in [1.807, 2.05) is 48.8 Å². The Morgan fingerprint density at radius 2 is 0.788 bits per heavy atom. The van der Waals surface area contributed by atoms with Gasteiger partial charge in [0, 0.05) is 72.2 Å². The number of furan rings is 2. The third-order valence-electron chi connectivity index (χ3n) is 21.5. The lowest BCUT2D eigenvalue weighted by Crippen LogP contribution is -2.52. The van der Waals surface area contributed by atoms with Crippen LogP contribution in [0.1, 0.15) is 102 Å². The number of para-hydroxylation sites is 2. The van der Waals surface area contributed by atoms with Crippen LogP contribution in [0.4, 0.5) is 0 Å². The molecule has 0 fully saturated rings. The first-order valence-corrected chi connectivity index (χ1v) is 29.3. The molecule has 8 aromatic heterocycles. The first-order valence-electron chi connectivity index (χ1n) is 29.3. The number of hydrogen-bond donors (Lipinski definition) is 0. The highest BCUT2D eigenvalue weighted by molar-refractivity contribution is 6.33. The second-order valence-corrected chi connectivity index (χ2v) is 24.6. The number of hydrogen-bond acceptors (Lipinski definition) is 6. The zero-order chi connectivity index (χ0) is 54.8. The summed E-state index contributed by atoms with van der Waals surface area (Å²) in [5.41, 5.74) is 29.3. The van der Waals surface area contributed by atoms with Crippen LogP contribution in [0, 0.1) is 22.7 Å². The van der Waals surface area contributed by atoms with Crippen LogP contribution in [0.5, 0.6) is 0 Å². The van der Waals surface area contributed by atoms with Gasteiger partial charge in [0.15, 0.2) is 11.2 Å². The Balaban J connectivity index is 0.909. The predicted molar refractivity (Wildman–Crippen MR) is 333 cm³/mol. The molecule has 6 aliphatic rings. The fraction of sp³-hybridized carbons (Fsp3) is 0.0649. The van der Waals surface area contributed by atoms with Gasteiger partial charge in [0.05, 0.1) is 79.5 Å². The van der Waals surface area contributed by atoms with E-state index in [1.54, 1.807) is 0 Å². The molecule has 18 aromatic rings. The first kappa shape index (κ1) is 42.5. The summed E-state index contributed by atoms with van der Waals surface area (Å²) in [6, 6.07) is 71.8. The summed E-state index contributed by atoms with van der Waals surface area (Å²) < 4.78 is 18.7. The van der Waals surface area contributed by atoms with Crippen LogP contribution < -0.4 is 0 Å². The van der Waals surface area contributed by atoms with Gasteiger partial charge in [0.25, 0.3) is 0 Å². The van der Waals surface area contributed by atoms with Gasteiger partial charge in [-0.2, -0.15) is 10.5 Å². The number of nitrogens with zero attached hydrogens (tertiary/aromatic N) is 6. The summed E-state index contributed by atoms with van der Waals surface area (Å²) in [6.07, 6.45) is 4.06. The third-order valence-corrected chi connectivity index (χ3v) is 21.5. The van der Waals surface area contributed by atoms with Crippen molar-refractivity contribution in [2.75, 3.05) is 0 Å². The smallest absolute Gasteiger partial charge is 0.163 e. The lowest BCUT2D eigenvalue weighted by Gasteiger charge is -2.58. The fourth-order valence-electron chi connectivity index (χ4n) is 18.8. The molecule has 24 rings (SSSR count). The lowest BCUT2D eigenvalue weighted by atomic mass is 9.43. The lowest BCUT2D eigenvalue weighted by molar-refractivity contribution is 0.333. The molecular weight excluding hydrogens is 1040 g/mol. The quantitative estimate of drug-likeness (QED) is 0.162. The Bertz CT molecular complexity index is 6380. The van der Waals surface area contributed by atoms with Gasteiger partial charge in [-0.1, -0.05) is 121 Å². The van der Waals surface area contributed by atoms with Crippen molar-refractivity contribution >= 4 is 120 Å². The SMILES string of the molecule is N#Cc1cc2c(c3c1C1c4ccccc4C3c3ccccc31)c1cc(-c3cc4c5c6c(c(C#N)cc5n5c7cnc8c9ccccc9oc8c7c(c3)c45)C3c4ccccc4C34c3ccccc3C64)cc3c4c5oc6ccccc6c5ncc4n2c13. The molecule has 0 amide bonds. The maximum absolute atomic E-state index is 11.5. The largest absolute Gasteiger partial charge is 0.454 e. The average Bonchev–Trinajstić information content (AvgIpc) is 1.50. The van der Waals surface area contributed by atoms with Gasteiger partial charge < -0.3 is 17.6 Å². The Hall–Kier alpha value is -11.3. The van der Waals surface area contributed by atoms with E-state index in [0.717, 1.165) is 143 Å². The van der Waals surface area contributed by atoms with Crippen LogP contribution in [-0.2, 0) is 5.41 Å². The van der Waals surface area contributed by atoms with Gasteiger partial charge in [-0.3, -0.25) is 0 Å². The zero-order valence-electron chi connectivity index (χ0n) is 44.8. The van der Waals surface area contributed by atoms with Crippen molar-refractivity contribution in [1.29, 1.82) is 10.5 Å². The van der Waals surface area contributed by atoms with E-state index >= 15 is 0 Å². The molecule has 3 atom stereocenters. The highest BCUT2D eigenvalue weighted by Gasteiger charge is 2.70. The second-order valence-electron chi connectivity index (χ2n) is 24.6. The number of nitriles is 2. The van der Waals surface area contributed by atoms with Gasteiger partial charge >= 0.3 is 0 Å². The van der Waals surface area contributed by atoms with E-state index in [-0.39, 0.29) is 29.1 Å². The number of pyridine rings is 2. The van der Waals surface area contributed by atoms with Crippen LogP contribution in [0.15, 0.2) is 203 Å². The summed E-state index contributed by atoms with van der Waals surface area (Å²) in [5, 5.41) is 33.6. The minimum atomic E-state index is -0.257. The van der Waals surface area contributed by atoms with Crippen molar-refractivity contribution in [1.82, 2.24) is 18.8 Å². The highest BCUT2D eigenvalue weighted by atomic mass is 16.3. The van der Waals surface area contributed by atoms with Crippen molar-refractivity contribution in [3.8, 4) is 23.3 Å². The molecule has 8 heteroatoms. The number of rotatable bonds is 1. The normalized spacial score (nSPS) is 19.3. The minimum Gasteiger partial charge on any atom is -0.454 e. The molecular formula is C77H36N6O2. The van der Waals surface area contributed by atoms with Crippen molar-refractivity contribution in [2.24, 2.45) is 0 Å². The maximum Gasteiger partial charge on any atom is 0.163 e. The molecule has 0 saturated carbocycles. The van der Waals surface area contributed by atoms with Gasteiger partial charge in [0.2, 0.25) is 0 Å². The van der Waals surface area contributed by atoms with Gasteiger partial charge in [0.1, 0.15) is 22.2 Å². The fourth-order valence-corrected chi connectivity index (χ4v) is 18.8. The Kier molecular flexibility index (Phi) is 6.89. The molecule has 6 aliphatic carbocycles. The summed E-state index contributed by atoms with van der Waals surface area (Å²) >= 11 is 0. The summed E-state index contributed by atoms with van der Waals surface area (Å²) in [7, 11) is 0. The third kappa shape index (κ3) is 4.36. The molecule has 0 N–H and O–H groups in total.